The Morgan fingerprint density at radius 1 is 0.900 bits per heavy atom. The van der Waals surface area contributed by atoms with Gasteiger partial charge >= 0.3 is 0 Å². The second kappa shape index (κ2) is 4.20. The minimum atomic E-state index is 1.05. The Hall–Kier alpha value is -2.61. The smallest absolute Gasteiger partial charge is 0.0750 e. The Morgan fingerprint density at radius 2 is 1.60 bits per heavy atom. The summed E-state index contributed by atoms with van der Waals surface area (Å²) >= 11 is 0. The highest BCUT2D eigenvalue weighted by molar-refractivity contribution is 5.98. The number of benzene rings is 2. The molecule has 0 N–H and O–H groups in total. The van der Waals surface area contributed by atoms with Crippen molar-refractivity contribution in [3.8, 4) is 0 Å². The molecule has 4 rings (SSSR count). The van der Waals surface area contributed by atoms with E-state index >= 15 is 0 Å². The molecule has 0 atom stereocenters. The monoisotopic (exact) mass is 258 g/mol. The third-order valence-electron chi connectivity index (χ3n) is 3.64. The summed E-state index contributed by atoms with van der Waals surface area (Å²) in [6.07, 6.45) is 2.20. The van der Waals surface area contributed by atoms with Crippen LogP contribution < -0.4 is 5.35 Å². The van der Waals surface area contributed by atoms with Gasteiger partial charge in [0.05, 0.1) is 16.6 Å². The lowest BCUT2D eigenvalue weighted by atomic mass is 10.1. The molecule has 96 valence electrons. The minimum Gasteiger partial charge on any atom is -0.232 e. The second-order valence-electron chi connectivity index (χ2n) is 5.07. The molecule has 0 spiro atoms. The Morgan fingerprint density at radius 3 is 2.40 bits per heavy atom. The molecule has 2 nitrogen and oxygen atoms in total. The molecule has 0 amide bonds. The molecule has 0 saturated heterocycles. The van der Waals surface area contributed by atoms with Crippen molar-refractivity contribution in [3.63, 3.8) is 0 Å². The van der Waals surface area contributed by atoms with E-state index in [0.717, 1.165) is 11.0 Å². The van der Waals surface area contributed by atoms with Crippen LogP contribution in [0.3, 0.4) is 0 Å². The van der Waals surface area contributed by atoms with Gasteiger partial charge in [0.15, 0.2) is 0 Å². The van der Waals surface area contributed by atoms with Crippen molar-refractivity contribution >= 4 is 22.4 Å². The van der Waals surface area contributed by atoms with E-state index < -0.39 is 0 Å². The van der Waals surface area contributed by atoms with Crippen LogP contribution in [0, 0.1) is 6.92 Å². The standard InChI is InChI=1S/C18H14N2/c1-13-11-17-15-9-5-6-10-16(15)18(20(17)19-13)12-14-7-3-2-4-8-14/h2-12H,1H3/b18-12-. The fraction of sp³-hybridized carbons (Fsp3) is 0.0556. The number of aryl methyl sites for hydroxylation is 1. The van der Waals surface area contributed by atoms with Crippen molar-refractivity contribution in [2.24, 2.45) is 0 Å². The van der Waals surface area contributed by atoms with Crippen molar-refractivity contribution < 1.29 is 0 Å². The van der Waals surface area contributed by atoms with Gasteiger partial charge in [-0.15, -0.1) is 0 Å². The molecule has 0 saturated carbocycles. The number of hydrogen-bond acceptors (Lipinski definition) is 1. The van der Waals surface area contributed by atoms with Gasteiger partial charge in [0.1, 0.15) is 0 Å². The van der Waals surface area contributed by atoms with E-state index in [1.54, 1.807) is 0 Å². The number of nitrogens with zero attached hydrogens (tertiary/aromatic N) is 2. The first-order valence-corrected chi connectivity index (χ1v) is 6.76. The second-order valence-corrected chi connectivity index (χ2v) is 5.07. The van der Waals surface area contributed by atoms with E-state index in [2.05, 4.69) is 65.8 Å². The lowest BCUT2D eigenvalue weighted by molar-refractivity contribution is 0.922. The third-order valence-corrected chi connectivity index (χ3v) is 3.64. The van der Waals surface area contributed by atoms with E-state index in [1.165, 1.54) is 21.9 Å². The fourth-order valence-corrected chi connectivity index (χ4v) is 2.76. The molecular weight excluding hydrogens is 244 g/mol. The van der Waals surface area contributed by atoms with Gasteiger partial charge in [-0.1, -0.05) is 54.6 Å². The maximum absolute atomic E-state index is 4.63. The van der Waals surface area contributed by atoms with Gasteiger partial charge in [-0.25, -0.2) is 4.52 Å². The quantitative estimate of drug-likeness (QED) is 0.512. The van der Waals surface area contributed by atoms with Crippen LogP contribution in [-0.4, -0.2) is 9.61 Å². The normalized spacial score (nSPS) is 12.6. The first-order valence-electron chi connectivity index (χ1n) is 6.76. The van der Waals surface area contributed by atoms with Gasteiger partial charge in [0.2, 0.25) is 0 Å². The molecule has 0 aliphatic carbocycles. The van der Waals surface area contributed by atoms with Gasteiger partial charge in [0.25, 0.3) is 0 Å². The highest BCUT2D eigenvalue weighted by Crippen LogP contribution is 2.19. The molecule has 0 aliphatic rings. The zero-order chi connectivity index (χ0) is 13.5. The summed E-state index contributed by atoms with van der Waals surface area (Å²) < 4.78 is 2.05. The highest BCUT2D eigenvalue weighted by Gasteiger charge is 2.08. The van der Waals surface area contributed by atoms with Crippen LogP contribution in [0.15, 0.2) is 60.7 Å². The van der Waals surface area contributed by atoms with Crippen molar-refractivity contribution in [1.82, 2.24) is 9.61 Å². The molecule has 2 heterocycles. The predicted molar refractivity (Wildman–Crippen MR) is 82.7 cm³/mol. The van der Waals surface area contributed by atoms with Crippen LogP contribution in [0.25, 0.3) is 22.4 Å². The van der Waals surface area contributed by atoms with Gasteiger partial charge in [-0.05, 0) is 24.6 Å². The van der Waals surface area contributed by atoms with Gasteiger partial charge in [-0.2, -0.15) is 5.10 Å². The molecule has 2 heteroatoms. The van der Waals surface area contributed by atoms with E-state index in [1.807, 2.05) is 17.5 Å². The lowest BCUT2D eigenvalue weighted by Crippen LogP contribution is -2.10. The van der Waals surface area contributed by atoms with Crippen molar-refractivity contribution in [3.05, 3.63) is 77.3 Å². The largest absolute Gasteiger partial charge is 0.232 e. The zero-order valence-electron chi connectivity index (χ0n) is 11.2. The van der Waals surface area contributed by atoms with E-state index in [4.69, 9.17) is 0 Å². The predicted octanol–water partition coefficient (Wildman–Crippen LogP) is 3.34. The molecule has 0 aliphatic heterocycles. The Bertz CT molecular complexity index is 949. The molecule has 2 aromatic carbocycles. The van der Waals surface area contributed by atoms with E-state index in [9.17, 15) is 0 Å². The number of fused-ring (bicyclic) bond motifs is 3. The van der Waals surface area contributed by atoms with Gasteiger partial charge in [0, 0.05) is 10.8 Å². The summed E-state index contributed by atoms with van der Waals surface area (Å²) in [4.78, 5) is 0. The SMILES string of the molecule is Cc1cc2c3ccccc3/c(=C/c3ccccc3)n2n1. The minimum absolute atomic E-state index is 1.05. The van der Waals surface area contributed by atoms with Gasteiger partial charge in [-0.3, -0.25) is 0 Å². The fourth-order valence-electron chi connectivity index (χ4n) is 2.76. The zero-order valence-corrected chi connectivity index (χ0v) is 11.2. The number of rotatable bonds is 1. The Balaban J connectivity index is 2.17. The van der Waals surface area contributed by atoms with Crippen LogP contribution in [0.1, 0.15) is 11.3 Å². The molecule has 0 bridgehead atoms. The molecule has 20 heavy (non-hydrogen) atoms. The Kier molecular flexibility index (Phi) is 2.36. The number of hydrogen-bond donors (Lipinski definition) is 0. The summed E-state index contributed by atoms with van der Waals surface area (Å²) in [6.45, 7) is 2.04. The van der Waals surface area contributed by atoms with Gasteiger partial charge < -0.3 is 0 Å². The summed E-state index contributed by atoms with van der Waals surface area (Å²) in [7, 11) is 0. The van der Waals surface area contributed by atoms with Crippen LogP contribution in [0.5, 0.6) is 0 Å². The molecule has 0 unspecified atom stereocenters. The first kappa shape index (κ1) is 11.2. The average molecular weight is 258 g/mol. The highest BCUT2D eigenvalue weighted by atomic mass is 15.2. The summed E-state index contributed by atoms with van der Waals surface area (Å²) in [5.41, 5.74) is 3.42. The number of aromatic nitrogens is 2. The van der Waals surface area contributed by atoms with Crippen LogP contribution >= 0.6 is 0 Å². The summed E-state index contributed by atoms with van der Waals surface area (Å²) in [5, 5.41) is 8.29. The molecular formula is C18H14N2. The molecule has 2 aromatic heterocycles. The lowest BCUT2D eigenvalue weighted by Gasteiger charge is -1.92. The topological polar surface area (TPSA) is 17.3 Å². The average Bonchev–Trinajstić information content (AvgIpc) is 2.98. The van der Waals surface area contributed by atoms with Crippen molar-refractivity contribution in [2.75, 3.05) is 0 Å². The summed E-state index contributed by atoms with van der Waals surface area (Å²) in [5.74, 6) is 0. The molecule has 0 fully saturated rings. The van der Waals surface area contributed by atoms with Crippen molar-refractivity contribution in [1.29, 1.82) is 0 Å². The van der Waals surface area contributed by atoms with Crippen molar-refractivity contribution in [2.45, 2.75) is 6.92 Å². The third kappa shape index (κ3) is 1.62. The Labute approximate surface area is 117 Å². The summed E-state index contributed by atoms with van der Waals surface area (Å²) in [6, 6.07) is 21.0. The van der Waals surface area contributed by atoms with E-state index in [-0.39, 0.29) is 0 Å². The van der Waals surface area contributed by atoms with E-state index in [0.29, 0.717) is 0 Å². The maximum atomic E-state index is 4.63. The molecule has 0 radical (unpaired) electrons. The maximum Gasteiger partial charge on any atom is 0.0750 e. The van der Waals surface area contributed by atoms with Crippen LogP contribution in [-0.2, 0) is 0 Å². The molecule has 4 aromatic rings. The first-order chi connectivity index (χ1) is 9.83. The van der Waals surface area contributed by atoms with Crippen LogP contribution in [0.4, 0.5) is 0 Å². The van der Waals surface area contributed by atoms with Crippen LogP contribution in [0.2, 0.25) is 0 Å².